The SMILES string of the molecule is CCOc1cc(SCC)c(OCC)c(OCC)c1Sc1c(OCC)cc(SCC)c(OCC)c1OCC. The van der Waals surface area contributed by atoms with Gasteiger partial charge in [-0.1, -0.05) is 25.6 Å². The smallest absolute Gasteiger partial charge is 0.180 e. The first kappa shape index (κ1) is 31.5. The highest BCUT2D eigenvalue weighted by atomic mass is 32.2. The Morgan fingerprint density at radius 1 is 0.459 bits per heavy atom. The molecule has 0 aromatic heterocycles. The van der Waals surface area contributed by atoms with Crippen LogP contribution in [0.3, 0.4) is 0 Å². The molecule has 208 valence electrons. The van der Waals surface area contributed by atoms with Gasteiger partial charge >= 0.3 is 0 Å². The van der Waals surface area contributed by atoms with Crippen LogP contribution >= 0.6 is 35.3 Å². The molecule has 0 N–H and O–H groups in total. The quantitative estimate of drug-likeness (QED) is 0.164. The zero-order valence-electron chi connectivity index (χ0n) is 23.5. The molecule has 37 heavy (non-hydrogen) atoms. The van der Waals surface area contributed by atoms with Gasteiger partial charge in [-0.05, 0) is 65.2 Å². The molecular weight excluding hydrogens is 529 g/mol. The van der Waals surface area contributed by atoms with E-state index in [-0.39, 0.29) is 0 Å². The normalized spacial score (nSPS) is 10.8. The van der Waals surface area contributed by atoms with Crippen LogP contribution in [0.5, 0.6) is 34.5 Å². The van der Waals surface area contributed by atoms with Gasteiger partial charge in [-0.15, -0.1) is 23.5 Å². The van der Waals surface area contributed by atoms with E-state index in [9.17, 15) is 0 Å². The Bertz CT molecular complexity index is 906. The second-order valence-corrected chi connectivity index (χ2v) is 10.9. The van der Waals surface area contributed by atoms with E-state index in [2.05, 4.69) is 26.0 Å². The Balaban J connectivity index is 2.90. The topological polar surface area (TPSA) is 55.4 Å². The van der Waals surface area contributed by atoms with Crippen molar-refractivity contribution < 1.29 is 28.4 Å². The highest BCUT2D eigenvalue weighted by Gasteiger charge is 2.28. The third-order valence-corrected chi connectivity index (χ3v) is 7.79. The predicted molar refractivity (Wildman–Crippen MR) is 157 cm³/mol. The summed E-state index contributed by atoms with van der Waals surface area (Å²) in [5, 5.41) is 0. The van der Waals surface area contributed by atoms with Gasteiger partial charge in [0.2, 0.25) is 0 Å². The largest absolute Gasteiger partial charge is 0.493 e. The van der Waals surface area contributed by atoms with Crippen LogP contribution in [0.15, 0.2) is 31.7 Å². The van der Waals surface area contributed by atoms with Crippen molar-refractivity contribution in [2.24, 2.45) is 0 Å². The van der Waals surface area contributed by atoms with Crippen molar-refractivity contribution in [1.82, 2.24) is 0 Å². The number of hydrogen-bond acceptors (Lipinski definition) is 9. The average Bonchev–Trinajstić information content (AvgIpc) is 2.87. The van der Waals surface area contributed by atoms with Crippen LogP contribution in [0.4, 0.5) is 0 Å². The molecule has 0 saturated carbocycles. The molecule has 2 rings (SSSR count). The van der Waals surface area contributed by atoms with Gasteiger partial charge in [0.25, 0.3) is 0 Å². The van der Waals surface area contributed by atoms with Gasteiger partial charge in [0, 0.05) is 0 Å². The zero-order chi connectivity index (χ0) is 27.2. The minimum atomic E-state index is 0.492. The second kappa shape index (κ2) is 17.0. The van der Waals surface area contributed by atoms with Gasteiger partial charge in [-0.3, -0.25) is 0 Å². The van der Waals surface area contributed by atoms with Crippen LogP contribution in [-0.4, -0.2) is 51.1 Å². The molecule has 0 aliphatic rings. The maximum Gasteiger partial charge on any atom is 0.180 e. The van der Waals surface area contributed by atoms with Crippen molar-refractivity contribution in [1.29, 1.82) is 0 Å². The molecule has 0 aliphatic carbocycles. The van der Waals surface area contributed by atoms with Crippen molar-refractivity contribution >= 4 is 35.3 Å². The van der Waals surface area contributed by atoms with Crippen LogP contribution in [0.25, 0.3) is 0 Å². The Hall–Kier alpha value is -1.71. The fourth-order valence-corrected chi connectivity index (χ4v) is 6.31. The fourth-order valence-electron chi connectivity index (χ4n) is 3.61. The van der Waals surface area contributed by atoms with Gasteiger partial charge < -0.3 is 28.4 Å². The maximum absolute atomic E-state index is 6.25. The molecule has 0 saturated heterocycles. The number of hydrogen-bond donors (Lipinski definition) is 0. The van der Waals surface area contributed by atoms with E-state index in [1.165, 1.54) is 11.8 Å². The number of ether oxygens (including phenoxy) is 6. The monoisotopic (exact) mass is 570 g/mol. The van der Waals surface area contributed by atoms with Crippen LogP contribution in [0, 0.1) is 0 Å². The van der Waals surface area contributed by atoms with E-state index in [0.717, 1.165) is 54.1 Å². The first-order valence-electron chi connectivity index (χ1n) is 13.2. The van der Waals surface area contributed by atoms with Crippen molar-refractivity contribution in [2.45, 2.75) is 75.0 Å². The minimum absolute atomic E-state index is 0.492. The molecule has 2 aromatic rings. The third-order valence-electron chi connectivity index (χ3n) is 4.80. The molecule has 0 heterocycles. The number of benzene rings is 2. The van der Waals surface area contributed by atoms with Crippen LogP contribution < -0.4 is 28.4 Å². The van der Waals surface area contributed by atoms with E-state index < -0.39 is 0 Å². The zero-order valence-corrected chi connectivity index (χ0v) is 25.9. The lowest BCUT2D eigenvalue weighted by atomic mass is 10.2. The molecule has 0 unspecified atom stereocenters. The Labute approximate surface area is 235 Å². The molecule has 6 nitrogen and oxygen atoms in total. The lowest BCUT2D eigenvalue weighted by molar-refractivity contribution is 0.265. The fraction of sp³-hybridized carbons (Fsp3) is 0.571. The van der Waals surface area contributed by atoms with Gasteiger partial charge in [0.05, 0.1) is 49.4 Å². The summed E-state index contributed by atoms with van der Waals surface area (Å²) in [7, 11) is 0. The Morgan fingerprint density at radius 3 is 1.08 bits per heavy atom. The molecule has 0 bridgehead atoms. The van der Waals surface area contributed by atoms with E-state index in [1.54, 1.807) is 23.5 Å². The molecule has 0 radical (unpaired) electrons. The summed E-state index contributed by atoms with van der Waals surface area (Å²) < 4.78 is 37.1. The van der Waals surface area contributed by atoms with Crippen LogP contribution in [-0.2, 0) is 0 Å². The van der Waals surface area contributed by atoms with E-state index in [0.29, 0.717) is 51.1 Å². The van der Waals surface area contributed by atoms with Gasteiger partial charge in [0.1, 0.15) is 21.3 Å². The highest BCUT2D eigenvalue weighted by Crippen LogP contribution is 2.57. The van der Waals surface area contributed by atoms with E-state index in [1.807, 2.05) is 41.5 Å². The lowest BCUT2D eigenvalue weighted by Crippen LogP contribution is -2.06. The van der Waals surface area contributed by atoms with Crippen LogP contribution in [0.2, 0.25) is 0 Å². The first-order chi connectivity index (χ1) is 18.0. The Kier molecular flexibility index (Phi) is 14.5. The Morgan fingerprint density at radius 2 is 0.784 bits per heavy atom. The molecule has 0 amide bonds. The second-order valence-electron chi connectivity index (χ2n) is 7.29. The summed E-state index contributed by atoms with van der Waals surface area (Å²) in [5.74, 6) is 6.11. The third kappa shape index (κ3) is 8.14. The predicted octanol–water partition coefficient (Wildman–Crippen LogP) is 8.45. The number of rotatable bonds is 18. The molecule has 0 atom stereocenters. The molecule has 0 fully saturated rings. The van der Waals surface area contributed by atoms with Crippen molar-refractivity contribution in [3.8, 4) is 34.5 Å². The van der Waals surface area contributed by atoms with Crippen molar-refractivity contribution in [2.75, 3.05) is 51.1 Å². The molecule has 0 spiro atoms. The maximum atomic E-state index is 6.25. The van der Waals surface area contributed by atoms with E-state index in [4.69, 9.17) is 28.4 Å². The molecule has 9 heteroatoms. The molecule has 2 aromatic carbocycles. The van der Waals surface area contributed by atoms with Crippen molar-refractivity contribution in [3.63, 3.8) is 0 Å². The first-order valence-corrected chi connectivity index (χ1v) is 15.9. The standard InChI is InChI=1S/C28H42O6S3/c1-9-29-19-17-21(35-15-7)23(31-11-3)25(33-13-5)27(19)37-28-20(30-10-2)18-22(36-16-8)24(32-12-4)26(28)34-14-6/h17-18H,9-16H2,1-8H3. The highest BCUT2D eigenvalue weighted by molar-refractivity contribution is 8.00. The summed E-state index contributed by atoms with van der Waals surface area (Å²) in [4.78, 5) is 3.65. The van der Waals surface area contributed by atoms with Gasteiger partial charge in [-0.2, -0.15) is 0 Å². The molecular formula is C28H42O6S3. The van der Waals surface area contributed by atoms with Crippen LogP contribution in [0.1, 0.15) is 55.4 Å². The average molecular weight is 571 g/mol. The number of thioether (sulfide) groups is 2. The van der Waals surface area contributed by atoms with Crippen molar-refractivity contribution in [3.05, 3.63) is 12.1 Å². The summed E-state index contributed by atoms with van der Waals surface area (Å²) in [6.45, 7) is 19.2. The summed E-state index contributed by atoms with van der Waals surface area (Å²) in [5.41, 5.74) is 0. The summed E-state index contributed by atoms with van der Waals surface area (Å²) >= 11 is 4.93. The summed E-state index contributed by atoms with van der Waals surface area (Å²) in [6, 6.07) is 4.11. The van der Waals surface area contributed by atoms with Gasteiger partial charge in [-0.25, -0.2) is 0 Å². The lowest BCUT2D eigenvalue weighted by Gasteiger charge is -2.24. The minimum Gasteiger partial charge on any atom is -0.493 e. The van der Waals surface area contributed by atoms with Gasteiger partial charge in [0.15, 0.2) is 23.0 Å². The van der Waals surface area contributed by atoms with E-state index >= 15 is 0 Å². The summed E-state index contributed by atoms with van der Waals surface area (Å²) in [6.07, 6.45) is 0. The molecule has 0 aliphatic heterocycles.